The van der Waals surface area contributed by atoms with Crippen molar-refractivity contribution in [2.45, 2.75) is 29.9 Å². The summed E-state index contributed by atoms with van der Waals surface area (Å²) in [5, 5.41) is 0.815. The molecule has 3 aromatic heterocycles. The zero-order chi connectivity index (χ0) is 17.9. The number of aromatic amines is 1. The zero-order valence-electron chi connectivity index (χ0n) is 14.7. The number of nitrogens with zero attached hydrogens (tertiary/aromatic N) is 3. The van der Waals surface area contributed by atoms with E-state index in [1.165, 1.54) is 5.56 Å². The number of methoxy groups -OCH3 is 2. The van der Waals surface area contributed by atoms with Crippen molar-refractivity contribution in [1.82, 2.24) is 19.9 Å². The SMILES string of the molecule is COCCC1Cc2c(ccnc2CSc2nc3nc(OC)ccc3[nH]2)O1. The van der Waals surface area contributed by atoms with E-state index in [2.05, 4.69) is 19.9 Å². The van der Waals surface area contributed by atoms with Crippen LogP contribution < -0.4 is 9.47 Å². The van der Waals surface area contributed by atoms with Crippen molar-refractivity contribution in [1.29, 1.82) is 0 Å². The molecule has 0 bridgehead atoms. The number of aromatic nitrogens is 4. The van der Waals surface area contributed by atoms with Crippen molar-refractivity contribution in [2.24, 2.45) is 0 Å². The molecule has 136 valence electrons. The lowest BCUT2D eigenvalue weighted by Crippen LogP contribution is -2.15. The molecule has 0 radical (unpaired) electrons. The maximum Gasteiger partial charge on any atom is 0.215 e. The number of ether oxygens (including phenoxy) is 3. The largest absolute Gasteiger partial charge is 0.490 e. The van der Waals surface area contributed by atoms with Crippen LogP contribution >= 0.6 is 11.8 Å². The van der Waals surface area contributed by atoms with Crippen LogP contribution in [0.4, 0.5) is 0 Å². The fourth-order valence-electron chi connectivity index (χ4n) is 3.00. The molecule has 1 unspecified atom stereocenters. The third-order valence-corrected chi connectivity index (χ3v) is 5.21. The van der Waals surface area contributed by atoms with E-state index in [1.807, 2.05) is 18.2 Å². The summed E-state index contributed by atoms with van der Waals surface area (Å²) in [6, 6.07) is 5.68. The Morgan fingerprint density at radius 3 is 3.04 bits per heavy atom. The summed E-state index contributed by atoms with van der Waals surface area (Å²) >= 11 is 1.61. The number of nitrogens with one attached hydrogen (secondary N) is 1. The highest BCUT2D eigenvalue weighted by Crippen LogP contribution is 2.34. The van der Waals surface area contributed by atoms with Gasteiger partial charge < -0.3 is 19.2 Å². The molecule has 0 aromatic carbocycles. The van der Waals surface area contributed by atoms with Gasteiger partial charge in [-0.1, -0.05) is 11.8 Å². The molecule has 3 aromatic rings. The molecule has 0 spiro atoms. The Hall–Kier alpha value is -2.32. The maximum absolute atomic E-state index is 6.00. The van der Waals surface area contributed by atoms with Crippen LogP contribution in [0.5, 0.6) is 11.6 Å². The van der Waals surface area contributed by atoms with E-state index >= 15 is 0 Å². The molecule has 0 fully saturated rings. The lowest BCUT2D eigenvalue weighted by molar-refractivity contribution is 0.138. The summed E-state index contributed by atoms with van der Waals surface area (Å²) in [5.41, 5.74) is 3.78. The van der Waals surface area contributed by atoms with Crippen LogP contribution in [-0.2, 0) is 16.9 Å². The van der Waals surface area contributed by atoms with E-state index in [4.69, 9.17) is 14.2 Å². The molecule has 0 saturated heterocycles. The Balaban J connectivity index is 1.47. The fourth-order valence-corrected chi connectivity index (χ4v) is 3.86. The normalized spacial score (nSPS) is 15.8. The molecule has 1 N–H and O–H groups in total. The van der Waals surface area contributed by atoms with Gasteiger partial charge in [-0.3, -0.25) is 4.98 Å². The van der Waals surface area contributed by atoms with Gasteiger partial charge in [0.05, 0.1) is 18.3 Å². The number of rotatable bonds is 7. The van der Waals surface area contributed by atoms with Crippen LogP contribution in [0.2, 0.25) is 0 Å². The minimum Gasteiger partial charge on any atom is -0.490 e. The number of imidazole rings is 1. The van der Waals surface area contributed by atoms with Gasteiger partial charge >= 0.3 is 0 Å². The van der Waals surface area contributed by atoms with Gasteiger partial charge in [0.15, 0.2) is 10.8 Å². The van der Waals surface area contributed by atoms with Crippen molar-refractivity contribution in [2.75, 3.05) is 20.8 Å². The van der Waals surface area contributed by atoms with E-state index in [0.717, 1.165) is 40.7 Å². The summed E-state index contributed by atoms with van der Waals surface area (Å²) in [5.74, 6) is 2.22. The number of pyridine rings is 2. The van der Waals surface area contributed by atoms with Gasteiger partial charge in [0.25, 0.3) is 0 Å². The standard InChI is InChI=1S/C18H20N4O3S/c1-23-8-6-11-9-12-14(19-7-5-15(12)25-11)10-26-18-20-13-3-4-16(24-2)21-17(13)22-18/h3-5,7,11H,6,8-10H2,1-2H3,(H,20,21,22). The van der Waals surface area contributed by atoms with E-state index < -0.39 is 0 Å². The lowest BCUT2D eigenvalue weighted by Gasteiger charge is -2.08. The quantitative estimate of drug-likeness (QED) is 0.638. The second-order valence-corrected chi connectivity index (χ2v) is 6.98. The number of thioether (sulfide) groups is 1. The van der Waals surface area contributed by atoms with Crippen LogP contribution in [0, 0.1) is 0 Å². The first-order valence-electron chi connectivity index (χ1n) is 8.42. The van der Waals surface area contributed by atoms with Crippen LogP contribution in [0.3, 0.4) is 0 Å². The highest BCUT2D eigenvalue weighted by atomic mass is 32.2. The van der Waals surface area contributed by atoms with Crippen molar-refractivity contribution in [3.05, 3.63) is 35.7 Å². The topological polar surface area (TPSA) is 82.2 Å². The number of hydrogen-bond donors (Lipinski definition) is 1. The number of fused-ring (bicyclic) bond motifs is 2. The first-order chi connectivity index (χ1) is 12.8. The fraction of sp³-hybridized carbons (Fsp3) is 0.389. The Kier molecular flexibility index (Phi) is 4.94. The molecule has 0 amide bonds. The molecular weight excluding hydrogens is 352 g/mol. The smallest absolute Gasteiger partial charge is 0.215 e. The van der Waals surface area contributed by atoms with Gasteiger partial charge in [0, 0.05) is 50.1 Å². The van der Waals surface area contributed by atoms with Crippen LogP contribution in [0.15, 0.2) is 29.6 Å². The summed E-state index contributed by atoms with van der Waals surface area (Å²) in [6.45, 7) is 0.700. The van der Waals surface area contributed by atoms with Crippen molar-refractivity contribution < 1.29 is 14.2 Å². The second kappa shape index (κ2) is 7.51. The highest BCUT2D eigenvalue weighted by molar-refractivity contribution is 7.98. The predicted octanol–water partition coefficient (Wildman–Crippen LogP) is 2.99. The van der Waals surface area contributed by atoms with Gasteiger partial charge in [-0.15, -0.1) is 0 Å². The molecule has 0 aliphatic carbocycles. The molecule has 7 nitrogen and oxygen atoms in total. The van der Waals surface area contributed by atoms with Crippen LogP contribution in [0.1, 0.15) is 17.7 Å². The first kappa shape index (κ1) is 17.1. The minimum atomic E-state index is 0.167. The Labute approximate surface area is 155 Å². The van der Waals surface area contributed by atoms with Gasteiger partial charge in [0.2, 0.25) is 5.88 Å². The van der Waals surface area contributed by atoms with Gasteiger partial charge in [-0.2, -0.15) is 4.98 Å². The average molecular weight is 372 g/mol. The van der Waals surface area contributed by atoms with E-state index in [9.17, 15) is 0 Å². The molecule has 8 heteroatoms. The molecule has 0 saturated carbocycles. The lowest BCUT2D eigenvalue weighted by atomic mass is 10.1. The van der Waals surface area contributed by atoms with Crippen LogP contribution in [-0.4, -0.2) is 46.9 Å². The highest BCUT2D eigenvalue weighted by Gasteiger charge is 2.25. The molecule has 26 heavy (non-hydrogen) atoms. The van der Waals surface area contributed by atoms with Gasteiger partial charge in [-0.05, 0) is 12.1 Å². The Bertz CT molecular complexity index is 915. The van der Waals surface area contributed by atoms with E-state index in [-0.39, 0.29) is 6.10 Å². The monoisotopic (exact) mass is 372 g/mol. The van der Waals surface area contributed by atoms with E-state index in [1.54, 1.807) is 32.2 Å². The van der Waals surface area contributed by atoms with Gasteiger partial charge in [0.1, 0.15) is 11.9 Å². The third kappa shape index (κ3) is 3.47. The number of H-pyrrole nitrogens is 1. The second-order valence-electron chi connectivity index (χ2n) is 6.02. The summed E-state index contributed by atoms with van der Waals surface area (Å²) in [7, 11) is 3.31. The van der Waals surface area contributed by atoms with Crippen molar-refractivity contribution in [3.8, 4) is 11.6 Å². The Morgan fingerprint density at radius 2 is 2.19 bits per heavy atom. The number of hydrogen-bond acceptors (Lipinski definition) is 7. The minimum absolute atomic E-state index is 0.167. The summed E-state index contributed by atoms with van der Waals surface area (Å²) in [6.07, 6.45) is 3.73. The summed E-state index contributed by atoms with van der Waals surface area (Å²) in [4.78, 5) is 16.7. The average Bonchev–Trinajstić information content (AvgIpc) is 3.27. The molecule has 1 aliphatic heterocycles. The van der Waals surface area contributed by atoms with Crippen molar-refractivity contribution in [3.63, 3.8) is 0 Å². The van der Waals surface area contributed by atoms with Crippen LogP contribution in [0.25, 0.3) is 11.2 Å². The molecule has 4 heterocycles. The Morgan fingerprint density at radius 1 is 1.27 bits per heavy atom. The third-order valence-electron chi connectivity index (χ3n) is 4.32. The van der Waals surface area contributed by atoms with Gasteiger partial charge in [-0.25, -0.2) is 4.98 Å². The first-order valence-corrected chi connectivity index (χ1v) is 9.41. The van der Waals surface area contributed by atoms with E-state index in [0.29, 0.717) is 18.1 Å². The molecule has 1 aliphatic rings. The summed E-state index contributed by atoms with van der Waals surface area (Å²) < 4.78 is 16.3. The van der Waals surface area contributed by atoms with Crippen molar-refractivity contribution >= 4 is 22.9 Å². The predicted molar refractivity (Wildman–Crippen MR) is 98.9 cm³/mol. The molecule has 4 rings (SSSR count). The molecule has 1 atom stereocenters. The zero-order valence-corrected chi connectivity index (χ0v) is 15.5. The molecular formula is C18H20N4O3S. The maximum atomic E-state index is 6.00.